The molecule has 0 radical (unpaired) electrons. The molecule has 156 valence electrons. The Morgan fingerprint density at radius 1 is 0.968 bits per heavy atom. The number of hydrogen-bond acceptors (Lipinski definition) is 5. The number of methoxy groups -OCH3 is 1. The maximum Gasteiger partial charge on any atom is 0.142 e. The highest BCUT2D eigenvalue weighted by molar-refractivity contribution is 5.67. The van der Waals surface area contributed by atoms with Gasteiger partial charge < -0.3 is 15.1 Å². The predicted molar refractivity (Wildman–Crippen MR) is 124 cm³/mol. The van der Waals surface area contributed by atoms with Crippen molar-refractivity contribution in [1.29, 1.82) is 5.26 Å². The van der Waals surface area contributed by atoms with Gasteiger partial charge in [0.25, 0.3) is 0 Å². The summed E-state index contributed by atoms with van der Waals surface area (Å²) in [4.78, 5) is 2.05. The Morgan fingerprint density at radius 2 is 1.65 bits per heavy atom. The number of nitrogens with one attached hydrogen (secondary N) is 1. The molecule has 31 heavy (non-hydrogen) atoms. The summed E-state index contributed by atoms with van der Waals surface area (Å²) in [5, 5.41) is 12.2. The van der Waals surface area contributed by atoms with Gasteiger partial charge in [0.05, 0.1) is 24.9 Å². The molecular formula is C26H26N4O. The van der Waals surface area contributed by atoms with Gasteiger partial charge in [-0.3, -0.25) is 0 Å². The molecule has 1 heterocycles. The van der Waals surface area contributed by atoms with Gasteiger partial charge in [-0.2, -0.15) is 10.3 Å². The lowest BCUT2D eigenvalue weighted by Crippen LogP contribution is -2.37. The average Bonchev–Trinajstić information content (AvgIpc) is 3.25. The fourth-order valence-corrected chi connectivity index (χ4v) is 3.80. The maximum absolute atomic E-state index is 10.1. The summed E-state index contributed by atoms with van der Waals surface area (Å²) in [5.41, 5.74) is 8.70. The SMILES string of the molecule is COc1ccc(C2=C[C@H](c3ccccc3)N([C@H](C#N)c3ccc(N(C)C)cc3)N2)cc1. The van der Waals surface area contributed by atoms with Crippen LogP contribution in [0.15, 0.2) is 84.9 Å². The maximum atomic E-state index is 10.1. The smallest absolute Gasteiger partial charge is 0.142 e. The minimum atomic E-state index is -0.451. The van der Waals surface area contributed by atoms with Crippen LogP contribution in [0.2, 0.25) is 0 Å². The molecule has 0 bridgehead atoms. The molecule has 0 unspecified atom stereocenters. The van der Waals surface area contributed by atoms with Gasteiger partial charge in [0.1, 0.15) is 11.8 Å². The summed E-state index contributed by atoms with van der Waals surface area (Å²) < 4.78 is 5.29. The Balaban J connectivity index is 1.69. The van der Waals surface area contributed by atoms with E-state index >= 15 is 0 Å². The van der Waals surface area contributed by atoms with Gasteiger partial charge in [-0.1, -0.05) is 42.5 Å². The third-order valence-electron chi connectivity index (χ3n) is 5.54. The van der Waals surface area contributed by atoms with E-state index in [0.29, 0.717) is 0 Å². The largest absolute Gasteiger partial charge is 0.497 e. The molecule has 5 nitrogen and oxygen atoms in total. The highest BCUT2D eigenvalue weighted by Crippen LogP contribution is 2.37. The Hall–Kier alpha value is -3.75. The number of nitrogens with zero attached hydrogens (tertiary/aromatic N) is 3. The van der Waals surface area contributed by atoms with Gasteiger partial charge in [-0.05, 0) is 59.2 Å². The molecule has 3 aromatic carbocycles. The number of ether oxygens (including phenoxy) is 1. The highest BCUT2D eigenvalue weighted by atomic mass is 16.5. The number of hydrazine groups is 1. The third kappa shape index (κ3) is 4.25. The van der Waals surface area contributed by atoms with E-state index in [1.54, 1.807) is 7.11 Å². The van der Waals surface area contributed by atoms with Crippen LogP contribution in [-0.2, 0) is 0 Å². The lowest BCUT2D eigenvalue weighted by Gasteiger charge is -2.30. The first-order valence-electron chi connectivity index (χ1n) is 10.2. The van der Waals surface area contributed by atoms with Crippen molar-refractivity contribution in [2.75, 3.05) is 26.1 Å². The van der Waals surface area contributed by atoms with E-state index in [2.05, 4.69) is 34.6 Å². The van der Waals surface area contributed by atoms with E-state index in [1.165, 1.54) is 0 Å². The first-order chi connectivity index (χ1) is 15.1. The van der Waals surface area contributed by atoms with Crippen molar-refractivity contribution >= 4 is 11.4 Å². The Bertz CT molecular complexity index is 1080. The molecule has 3 aromatic rings. The Kier molecular flexibility index (Phi) is 5.92. The van der Waals surface area contributed by atoms with Crippen LogP contribution in [0.1, 0.15) is 28.8 Å². The predicted octanol–water partition coefficient (Wildman–Crippen LogP) is 4.93. The van der Waals surface area contributed by atoms with Crippen molar-refractivity contribution in [1.82, 2.24) is 10.4 Å². The van der Waals surface area contributed by atoms with Crippen LogP contribution in [0, 0.1) is 11.3 Å². The second-order valence-corrected chi connectivity index (χ2v) is 7.70. The molecule has 2 atom stereocenters. The molecule has 5 heteroatoms. The second-order valence-electron chi connectivity index (χ2n) is 7.70. The molecule has 0 saturated carbocycles. The highest BCUT2D eigenvalue weighted by Gasteiger charge is 2.33. The second kappa shape index (κ2) is 8.95. The van der Waals surface area contributed by atoms with Gasteiger partial charge in [0.2, 0.25) is 0 Å². The first kappa shape index (κ1) is 20.5. The zero-order chi connectivity index (χ0) is 21.8. The fraction of sp³-hybridized carbons (Fsp3) is 0.192. The summed E-state index contributed by atoms with van der Waals surface area (Å²) in [7, 11) is 5.68. The third-order valence-corrected chi connectivity index (χ3v) is 5.54. The summed E-state index contributed by atoms with van der Waals surface area (Å²) >= 11 is 0. The quantitative estimate of drug-likeness (QED) is 0.625. The Morgan fingerprint density at radius 3 is 2.23 bits per heavy atom. The van der Waals surface area contributed by atoms with E-state index in [4.69, 9.17) is 4.74 Å². The molecule has 0 aliphatic carbocycles. The monoisotopic (exact) mass is 410 g/mol. The van der Waals surface area contributed by atoms with Crippen molar-refractivity contribution < 1.29 is 4.74 Å². The zero-order valence-corrected chi connectivity index (χ0v) is 18.0. The standard InChI is InChI=1S/C26H26N4O/c1-29(2)22-13-9-21(10-14-22)26(18-27)30-25(20-7-5-4-6-8-20)17-24(28-30)19-11-15-23(31-3)16-12-19/h4-17,25-26,28H,1-3H3/t25-,26-/m1/s1. The number of rotatable bonds is 6. The van der Waals surface area contributed by atoms with Crippen molar-refractivity contribution in [2.45, 2.75) is 12.1 Å². The van der Waals surface area contributed by atoms with Crippen molar-refractivity contribution in [3.63, 3.8) is 0 Å². The van der Waals surface area contributed by atoms with Gasteiger partial charge in [0.15, 0.2) is 0 Å². The van der Waals surface area contributed by atoms with Crippen LogP contribution in [0.25, 0.3) is 5.70 Å². The molecule has 1 N–H and O–H groups in total. The van der Waals surface area contributed by atoms with Crippen LogP contribution in [0.4, 0.5) is 5.69 Å². The van der Waals surface area contributed by atoms with Gasteiger partial charge in [-0.25, -0.2) is 0 Å². The van der Waals surface area contributed by atoms with E-state index < -0.39 is 6.04 Å². The number of hydrogen-bond donors (Lipinski definition) is 1. The molecule has 1 aliphatic rings. The average molecular weight is 411 g/mol. The zero-order valence-electron chi connectivity index (χ0n) is 18.0. The van der Waals surface area contributed by atoms with Crippen molar-refractivity contribution in [2.24, 2.45) is 0 Å². The number of nitriles is 1. The van der Waals surface area contributed by atoms with Crippen LogP contribution in [0.3, 0.4) is 0 Å². The van der Waals surface area contributed by atoms with Gasteiger partial charge >= 0.3 is 0 Å². The molecule has 0 amide bonds. The number of benzene rings is 3. The number of anilines is 1. The van der Waals surface area contributed by atoms with E-state index in [1.807, 2.05) is 85.8 Å². The molecule has 0 saturated heterocycles. The van der Waals surface area contributed by atoms with Crippen LogP contribution < -0.4 is 15.1 Å². The lowest BCUT2D eigenvalue weighted by molar-refractivity contribution is 0.169. The van der Waals surface area contributed by atoms with Crippen LogP contribution >= 0.6 is 0 Å². The summed E-state index contributed by atoms with van der Waals surface area (Å²) in [6.07, 6.45) is 2.18. The van der Waals surface area contributed by atoms with Crippen LogP contribution in [0.5, 0.6) is 5.75 Å². The molecule has 1 aliphatic heterocycles. The van der Waals surface area contributed by atoms with Gasteiger partial charge in [-0.15, -0.1) is 0 Å². The molecule has 0 spiro atoms. The van der Waals surface area contributed by atoms with Gasteiger partial charge in [0, 0.05) is 19.8 Å². The minimum Gasteiger partial charge on any atom is -0.497 e. The first-order valence-corrected chi connectivity index (χ1v) is 10.2. The Labute approximate surface area is 183 Å². The molecule has 4 rings (SSSR count). The topological polar surface area (TPSA) is 51.5 Å². The molecule has 0 aromatic heterocycles. The van der Waals surface area contributed by atoms with Crippen LogP contribution in [-0.4, -0.2) is 26.2 Å². The van der Waals surface area contributed by atoms with E-state index in [-0.39, 0.29) is 6.04 Å². The summed E-state index contributed by atoms with van der Waals surface area (Å²) in [6, 6.07) is 28.3. The minimum absolute atomic E-state index is 0.0727. The molecule has 0 fully saturated rings. The normalized spacial score (nSPS) is 16.7. The molecular weight excluding hydrogens is 384 g/mol. The fourth-order valence-electron chi connectivity index (χ4n) is 3.80. The summed E-state index contributed by atoms with van der Waals surface area (Å²) in [5.74, 6) is 0.815. The van der Waals surface area contributed by atoms with Crippen molar-refractivity contribution in [3.8, 4) is 11.8 Å². The van der Waals surface area contributed by atoms with E-state index in [0.717, 1.165) is 33.8 Å². The van der Waals surface area contributed by atoms with Crippen molar-refractivity contribution in [3.05, 3.63) is 102 Å². The summed E-state index contributed by atoms with van der Waals surface area (Å²) in [6.45, 7) is 0. The van der Waals surface area contributed by atoms with E-state index in [9.17, 15) is 5.26 Å². The lowest BCUT2D eigenvalue weighted by atomic mass is 10.0.